The van der Waals surface area contributed by atoms with E-state index >= 15 is 0 Å². The summed E-state index contributed by atoms with van der Waals surface area (Å²) in [7, 11) is 0. The Hall–Kier alpha value is -0.580. The van der Waals surface area contributed by atoms with Crippen molar-refractivity contribution in [1.29, 1.82) is 0 Å². The minimum Gasteiger partial charge on any atom is -0.323 e. The van der Waals surface area contributed by atoms with E-state index in [2.05, 4.69) is 20.9 Å². The lowest BCUT2D eigenvalue weighted by Crippen LogP contribution is -2.09. The van der Waals surface area contributed by atoms with Crippen molar-refractivity contribution in [3.8, 4) is 0 Å². The van der Waals surface area contributed by atoms with Gasteiger partial charge in [0.2, 0.25) is 0 Å². The zero-order valence-electron chi connectivity index (χ0n) is 8.46. The summed E-state index contributed by atoms with van der Waals surface area (Å²) < 4.78 is 2.82. The molecule has 0 saturated heterocycles. The molecule has 2 heterocycles. The molecule has 0 aromatic carbocycles. The minimum atomic E-state index is -0.0645. The number of nitrogens with two attached hydrogens (primary N) is 1. The Labute approximate surface area is 101 Å². The van der Waals surface area contributed by atoms with Crippen molar-refractivity contribution in [2.45, 2.75) is 19.9 Å². The number of halogens is 2. The Morgan fingerprint density at radius 1 is 1.60 bits per heavy atom. The molecule has 1 atom stereocenters. The quantitative estimate of drug-likeness (QED) is 0.876. The van der Waals surface area contributed by atoms with E-state index in [1.807, 2.05) is 30.5 Å². The van der Waals surface area contributed by atoms with Crippen molar-refractivity contribution in [2.75, 3.05) is 0 Å². The molecule has 0 spiro atoms. The maximum Gasteiger partial charge on any atom is 0.151 e. The molecule has 15 heavy (non-hydrogen) atoms. The van der Waals surface area contributed by atoms with Gasteiger partial charge in [0.15, 0.2) is 5.65 Å². The van der Waals surface area contributed by atoms with Gasteiger partial charge in [-0.05, 0) is 35.8 Å². The first-order valence-electron chi connectivity index (χ1n) is 4.60. The lowest BCUT2D eigenvalue weighted by molar-refractivity contribution is 0.761. The van der Waals surface area contributed by atoms with Gasteiger partial charge in [-0.2, -0.15) is 0 Å². The molecule has 0 saturated carbocycles. The third-order valence-electron chi connectivity index (χ3n) is 2.29. The van der Waals surface area contributed by atoms with Crippen LogP contribution in [0.3, 0.4) is 0 Å². The molecule has 2 N–H and O–H groups in total. The van der Waals surface area contributed by atoms with Crippen molar-refractivity contribution in [3.63, 3.8) is 0 Å². The average molecular weight is 289 g/mol. The van der Waals surface area contributed by atoms with Gasteiger partial charge in [0.05, 0.1) is 20.9 Å². The molecule has 0 aliphatic heterocycles. The first-order chi connectivity index (χ1) is 7.00. The minimum absolute atomic E-state index is 0.0645. The number of nitrogens with zero attached hydrogens (tertiary/aromatic N) is 2. The third-order valence-corrected chi connectivity index (χ3v) is 3.08. The van der Waals surface area contributed by atoms with Gasteiger partial charge in [0.1, 0.15) is 0 Å². The van der Waals surface area contributed by atoms with Crippen LogP contribution in [0.15, 0.2) is 16.7 Å². The van der Waals surface area contributed by atoms with Gasteiger partial charge < -0.3 is 5.73 Å². The lowest BCUT2D eigenvalue weighted by Gasteiger charge is -2.07. The predicted molar refractivity (Wildman–Crippen MR) is 65.2 cm³/mol. The van der Waals surface area contributed by atoms with E-state index < -0.39 is 0 Å². The molecular weight excluding hydrogens is 277 g/mol. The average Bonchev–Trinajstić information content (AvgIpc) is 2.41. The summed E-state index contributed by atoms with van der Waals surface area (Å²) in [6.07, 6.45) is 1.83. The Morgan fingerprint density at radius 3 is 2.87 bits per heavy atom. The van der Waals surface area contributed by atoms with Crippen LogP contribution in [0.25, 0.3) is 5.65 Å². The van der Waals surface area contributed by atoms with Crippen molar-refractivity contribution in [2.24, 2.45) is 5.73 Å². The van der Waals surface area contributed by atoms with Crippen LogP contribution in [-0.4, -0.2) is 9.38 Å². The van der Waals surface area contributed by atoms with E-state index in [9.17, 15) is 0 Å². The zero-order chi connectivity index (χ0) is 11.2. The summed E-state index contributed by atoms with van der Waals surface area (Å²) in [6, 6.07) is 1.76. The highest BCUT2D eigenvalue weighted by atomic mass is 79.9. The van der Waals surface area contributed by atoms with Crippen LogP contribution in [0.2, 0.25) is 5.02 Å². The van der Waals surface area contributed by atoms with Crippen LogP contribution in [0.1, 0.15) is 24.4 Å². The number of pyridine rings is 1. The molecular formula is C10H11BrClN3. The summed E-state index contributed by atoms with van der Waals surface area (Å²) in [4.78, 5) is 4.45. The molecule has 2 rings (SSSR count). The standard InChI is InChI=1S/C10H11BrClN3/c1-5(13)9-6(2)14-10-8(11)3-7(12)4-15(9)10/h3-5H,13H2,1-2H3. The molecule has 3 nitrogen and oxygen atoms in total. The van der Waals surface area contributed by atoms with E-state index in [1.165, 1.54) is 0 Å². The first kappa shape index (κ1) is 10.9. The van der Waals surface area contributed by atoms with Gasteiger partial charge in [0, 0.05) is 12.2 Å². The van der Waals surface area contributed by atoms with Crippen molar-refractivity contribution in [1.82, 2.24) is 9.38 Å². The van der Waals surface area contributed by atoms with Gasteiger partial charge >= 0.3 is 0 Å². The number of rotatable bonds is 1. The molecule has 2 aromatic heterocycles. The predicted octanol–water partition coefficient (Wildman–Crippen LogP) is 3.08. The number of imidazole rings is 1. The van der Waals surface area contributed by atoms with Crippen molar-refractivity contribution < 1.29 is 0 Å². The van der Waals surface area contributed by atoms with E-state index in [4.69, 9.17) is 17.3 Å². The number of hydrogen-bond donors (Lipinski definition) is 1. The summed E-state index contributed by atoms with van der Waals surface area (Å²) in [6.45, 7) is 3.89. The molecule has 0 amide bonds. The van der Waals surface area contributed by atoms with Crippen LogP contribution in [-0.2, 0) is 0 Å². The summed E-state index contributed by atoms with van der Waals surface area (Å²) in [5.74, 6) is 0. The van der Waals surface area contributed by atoms with E-state index in [0.29, 0.717) is 5.02 Å². The number of fused-ring (bicyclic) bond motifs is 1. The second-order valence-electron chi connectivity index (χ2n) is 3.57. The maximum absolute atomic E-state index is 5.99. The molecule has 0 bridgehead atoms. The third kappa shape index (κ3) is 1.77. The molecule has 80 valence electrons. The zero-order valence-corrected chi connectivity index (χ0v) is 10.8. The molecule has 0 fully saturated rings. The summed E-state index contributed by atoms with van der Waals surface area (Å²) in [5.41, 5.74) is 8.69. The fraction of sp³-hybridized carbons (Fsp3) is 0.300. The van der Waals surface area contributed by atoms with Crippen LogP contribution >= 0.6 is 27.5 Å². The first-order valence-corrected chi connectivity index (χ1v) is 5.77. The topological polar surface area (TPSA) is 43.3 Å². The molecule has 2 aromatic rings. The maximum atomic E-state index is 5.99. The van der Waals surface area contributed by atoms with Gasteiger partial charge in [-0.25, -0.2) is 4.98 Å². The van der Waals surface area contributed by atoms with E-state index in [0.717, 1.165) is 21.5 Å². The summed E-state index contributed by atoms with van der Waals surface area (Å²) in [5, 5.41) is 0.661. The van der Waals surface area contributed by atoms with Gasteiger partial charge in [0.25, 0.3) is 0 Å². The van der Waals surface area contributed by atoms with Crippen LogP contribution < -0.4 is 5.73 Å². The van der Waals surface area contributed by atoms with E-state index in [-0.39, 0.29) is 6.04 Å². The van der Waals surface area contributed by atoms with Crippen molar-refractivity contribution in [3.05, 3.63) is 33.1 Å². The summed E-state index contributed by atoms with van der Waals surface area (Å²) >= 11 is 9.43. The highest BCUT2D eigenvalue weighted by Gasteiger charge is 2.14. The second-order valence-corrected chi connectivity index (χ2v) is 4.86. The second kappa shape index (κ2) is 3.77. The van der Waals surface area contributed by atoms with Crippen molar-refractivity contribution >= 4 is 33.2 Å². The number of hydrogen-bond acceptors (Lipinski definition) is 2. The lowest BCUT2D eigenvalue weighted by atomic mass is 10.2. The highest BCUT2D eigenvalue weighted by molar-refractivity contribution is 9.10. The normalized spacial score (nSPS) is 13.4. The van der Waals surface area contributed by atoms with Crippen LogP contribution in [0.5, 0.6) is 0 Å². The molecule has 0 radical (unpaired) electrons. The van der Waals surface area contributed by atoms with Crippen LogP contribution in [0, 0.1) is 6.92 Å². The largest absolute Gasteiger partial charge is 0.323 e. The SMILES string of the molecule is Cc1nc2c(Br)cc(Cl)cn2c1C(C)N. The van der Waals surface area contributed by atoms with Gasteiger partial charge in [-0.15, -0.1) is 0 Å². The number of aryl methyl sites for hydroxylation is 1. The number of aromatic nitrogens is 2. The van der Waals surface area contributed by atoms with E-state index in [1.54, 1.807) is 0 Å². The fourth-order valence-corrected chi connectivity index (χ4v) is 2.62. The van der Waals surface area contributed by atoms with Crippen LogP contribution in [0.4, 0.5) is 0 Å². The van der Waals surface area contributed by atoms with Gasteiger partial charge in [-0.3, -0.25) is 4.40 Å². The molecule has 0 aliphatic rings. The Kier molecular flexibility index (Phi) is 2.75. The smallest absolute Gasteiger partial charge is 0.151 e. The van der Waals surface area contributed by atoms with Gasteiger partial charge in [-0.1, -0.05) is 11.6 Å². The molecule has 0 aliphatic carbocycles. The fourth-order valence-electron chi connectivity index (χ4n) is 1.75. The Bertz CT molecular complexity index is 519. The Morgan fingerprint density at radius 2 is 2.27 bits per heavy atom. The Balaban J connectivity index is 2.86. The molecule has 1 unspecified atom stereocenters. The monoisotopic (exact) mass is 287 g/mol. The molecule has 5 heteroatoms. The highest BCUT2D eigenvalue weighted by Crippen LogP contribution is 2.26.